The molecule has 0 amide bonds. The number of rotatable bonds is 4. The van der Waals surface area contributed by atoms with Gasteiger partial charge >= 0.3 is 0 Å². The molecule has 1 aromatic rings. The van der Waals surface area contributed by atoms with Gasteiger partial charge in [0.1, 0.15) is 0 Å². The fourth-order valence-corrected chi connectivity index (χ4v) is 3.01. The summed E-state index contributed by atoms with van der Waals surface area (Å²) in [5, 5.41) is 6.82. The molecule has 0 spiro atoms. The summed E-state index contributed by atoms with van der Waals surface area (Å²) in [5.41, 5.74) is 1.10. The smallest absolute Gasteiger partial charge is 0.191 e. The van der Waals surface area contributed by atoms with Gasteiger partial charge in [0.25, 0.3) is 0 Å². The van der Waals surface area contributed by atoms with Gasteiger partial charge in [0.05, 0.1) is 18.2 Å². The van der Waals surface area contributed by atoms with E-state index in [1.165, 1.54) is 12.8 Å². The lowest BCUT2D eigenvalue weighted by Gasteiger charge is -2.22. The fourth-order valence-electron chi connectivity index (χ4n) is 3.01. The molecule has 2 bridgehead atoms. The van der Waals surface area contributed by atoms with Crippen molar-refractivity contribution in [3.8, 4) is 0 Å². The molecule has 2 N–H and O–H groups in total. The van der Waals surface area contributed by atoms with E-state index in [9.17, 15) is 0 Å². The van der Waals surface area contributed by atoms with E-state index in [4.69, 9.17) is 4.74 Å². The first kappa shape index (κ1) is 16.5. The van der Waals surface area contributed by atoms with Crippen LogP contribution in [-0.2, 0) is 11.2 Å². The van der Waals surface area contributed by atoms with Crippen LogP contribution < -0.4 is 10.6 Å². The van der Waals surface area contributed by atoms with E-state index in [0.717, 1.165) is 31.0 Å². The second kappa shape index (κ2) is 7.93. The quantitative estimate of drug-likeness (QED) is 0.458. The molecule has 2 saturated heterocycles. The third-order valence-electron chi connectivity index (χ3n) is 4.05. The zero-order valence-corrected chi connectivity index (χ0v) is 14.6. The molecule has 1 aromatic heterocycles. The van der Waals surface area contributed by atoms with Crippen molar-refractivity contribution in [1.29, 1.82) is 0 Å². The Balaban J connectivity index is 0.00000161. The molecule has 0 aromatic carbocycles. The summed E-state index contributed by atoms with van der Waals surface area (Å²) >= 11 is 0. The average Bonchev–Trinajstić information content (AvgIpc) is 3.10. The minimum Gasteiger partial charge on any atom is -0.373 e. The Labute approximate surface area is 143 Å². The molecule has 0 saturated carbocycles. The summed E-state index contributed by atoms with van der Waals surface area (Å²) in [6.07, 6.45) is 7.05. The Morgan fingerprint density at radius 3 is 2.95 bits per heavy atom. The summed E-state index contributed by atoms with van der Waals surface area (Å²) in [4.78, 5) is 8.60. The molecule has 21 heavy (non-hydrogen) atoms. The number of aliphatic imine (C=N–C) groups is 1. The standard InChI is InChI=1S/C15H22N4O.HI/c1-16-15(18-9-7-11-4-2-3-8-17-11)19-13-10-12-5-6-14(13)20-12;/h2-4,8,12-14H,5-7,9-10H2,1H3,(H2,16,18,19);1H. The first-order valence-electron chi connectivity index (χ1n) is 7.37. The van der Waals surface area contributed by atoms with Gasteiger partial charge in [-0.1, -0.05) is 6.07 Å². The van der Waals surface area contributed by atoms with Crippen molar-refractivity contribution in [3.63, 3.8) is 0 Å². The van der Waals surface area contributed by atoms with Crippen molar-refractivity contribution in [2.75, 3.05) is 13.6 Å². The van der Waals surface area contributed by atoms with Gasteiger partial charge in [-0.15, -0.1) is 24.0 Å². The molecule has 2 aliphatic rings. The zero-order valence-electron chi connectivity index (χ0n) is 12.3. The third-order valence-corrected chi connectivity index (χ3v) is 4.05. The first-order valence-corrected chi connectivity index (χ1v) is 7.37. The molecule has 116 valence electrons. The van der Waals surface area contributed by atoms with Crippen LogP contribution in [0.25, 0.3) is 0 Å². The monoisotopic (exact) mass is 402 g/mol. The molecule has 3 rings (SSSR count). The lowest BCUT2D eigenvalue weighted by atomic mass is 9.96. The molecular weight excluding hydrogens is 379 g/mol. The number of nitrogens with zero attached hydrogens (tertiary/aromatic N) is 2. The van der Waals surface area contributed by atoms with Crippen molar-refractivity contribution in [2.45, 2.75) is 43.9 Å². The van der Waals surface area contributed by atoms with Crippen LogP contribution in [0.3, 0.4) is 0 Å². The lowest BCUT2D eigenvalue weighted by Crippen LogP contribution is -2.47. The lowest BCUT2D eigenvalue weighted by molar-refractivity contribution is 0.0992. The molecular formula is C15H23IN4O. The van der Waals surface area contributed by atoms with Gasteiger partial charge in [-0.3, -0.25) is 9.98 Å². The number of hydrogen-bond donors (Lipinski definition) is 2. The van der Waals surface area contributed by atoms with Crippen LogP contribution in [0.15, 0.2) is 29.4 Å². The summed E-state index contributed by atoms with van der Waals surface area (Å²) in [7, 11) is 1.81. The predicted octanol–water partition coefficient (Wildman–Crippen LogP) is 1.73. The van der Waals surface area contributed by atoms with E-state index in [1.807, 2.05) is 31.4 Å². The number of hydrogen-bond acceptors (Lipinski definition) is 3. The highest BCUT2D eigenvalue weighted by Crippen LogP contribution is 2.34. The molecule has 0 radical (unpaired) electrons. The minimum absolute atomic E-state index is 0. The number of guanidine groups is 1. The van der Waals surface area contributed by atoms with Crippen molar-refractivity contribution < 1.29 is 4.74 Å². The van der Waals surface area contributed by atoms with Crippen molar-refractivity contribution in [2.24, 2.45) is 4.99 Å². The van der Waals surface area contributed by atoms with Crippen LogP contribution in [0.5, 0.6) is 0 Å². The summed E-state index contributed by atoms with van der Waals surface area (Å²) in [5.74, 6) is 0.863. The van der Waals surface area contributed by atoms with Gasteiger partial charge in [0.15, 0.2) is 5.96 Å². The van der Waals surface area contributed by atoms with Crippen LogP contribution in [0.4, 0.5) is 0 Å². The van der Waals surface area contributed by atoms with Crippen LogP contribution in [0.1, 0.15) is 25.0 Å². The Bertz CT molecular complexity index is 468. The van der Waals surface area contributed by atoms with Gasteiger partial charge in [0.2, 0.25) is 0 Å². The molecule has 3 atom stereocenters. The largest absolute Gasteiger partial charge is 0.373 e. The molecule has 0 aliphatic carbocycles. The fraction of sp³-hybridized carbons (Fsp3) is 0.600. The summed E-state index contributed by atoms with van der Waals surface area (Å²) < 4.78 is 5.85. The summed E-state index contributed by atoms with van der Waals surface area (Å²) in [6, 6.07) is 6.41. The van der Waals surface area contributed by atoms with E-state index < -0.39 is 0 Å². The zero-order chi connectivity index (χ0) is 13.8. The second-order valence-electron chi connectivity index (χ2n) is 5.43. The molecule has 5 nitrogen and oxygen atoms in total. The maximum absolute atomic E-state index is 5.85. The van der Waals surface area contributed by atoms with E-state index in [1.54, 1.807) is 0 Å². The van der Waals surface area contributed by atoms with Crippen LogP contribution in [-0.4, -0.2) is 42.8 Å². The van der Waals surface area contributed by atoms with E-state index in [2.05, 4.69) is 20.6 Å². The number of nitrogens with one attached hydrogen (secondary N) is 2. The normalized spacial score (nSPS) is 27.3. The maximum Gasteiger partial charge on any atom is 0.191 e. The van der Waals surface area contributed by atoms with Gasteiger partial charge in [-0.2, -0.15) is 0 Å². The van der Waals surface area contributed by atoms with Crippen molar-refractivity contribution in [3.05, 3.63) is 30.1 Å². The van der Waals surface area contributed by atoms with E-state index >= 15 is 0 Å². The number of fused-ring (bicyclic) bond motifs is 2. The Morgan fingerprint density at radius 1 is 1.43 bits per heavy atom. The highest BCUT2D eigenvalue weighted by molar-refractivity contribution is 14.0. The van der Waals surface area contributed by atoms with Gasteiger partial charge < -0.3 is 15.4 Å². The summed E-state index contributed by atoms with van der Waals surface area (Å²) in [6.45, 7) is 0.832. The van der Waals surface area contributed by atoms with E-state index in [0.29, 0.717) is 18.2 Å². The van der Waals surface area contributed by atoms with Crippen LogP contribution in [0.2, 0.25) is 0 Å². The van der Waals surface area contributed by atoms with Crippen LogP contribution in [0, 0.1) is 0 Å². The number of pyridine rings is 1. The number of halogens is 1. The molecule has 2 aliphatic heterocycles. The Morgan fingerprint density at radius 2 is 2.33 bits per heavy atom. The van der Waals surface area contributed by atoms with Crippen LogP contribution >= 0.6 is 24.0 Å². The Kier molecular flexibility index (Phi) is 6.22. The highest BCUT2D eigenvalue weighted by atomic mass is 127. The predicted molar refractivity (Wildman–Crippen MR) is 94.2 cm³/mol. The Hall–Kier alpha value is -0.890. The first-order chi connectivity index (χ1) is 9.85. The number of aromatic nitrogens is 1. The molecule has 3 unspecified atom stereocenters. The third kappa shape index (κ3) is 4.29. The second-order valence-corrected chi connectivity index (χ2v) is 5.43. The average molecular weight is 402 g/mol. The van der Waals surface area contributed by atoms with Gasteiger partial charge in [0, 0.05) is 31.9 Å². The molecule has 3 heterocycles. The van der Waals surface area contributed by atoms with Crippen molar-refractivity contribution >= 4 is 29.9 Å². The topological polar surface area (TPSA) is 58.5 Å². The minimum atomic E-state index is 0. The van der Waals surface area contributed by atoms with Gasteiger partial charge in [-0.25, -0.2) is 0 Å². The molecule has 2 fully saturated rings. The van der Waals surface area contributed by atoms with Crippen molar-refractivity contribution in [1.82, 2.24) is 15.6 Å². The molecule has 6 heteroatoms. The SMILES string of the molecule is CN=C(NCCc1ccccn1)NC1CC2CCC1O2.I. The van der Waals surface area contributed by atoms with Gasteiger partial charge in [-0.05, 0) is 31.4 Å². The highest BCUT2D eigenvalue weighted by Gasteiger charge is 2.40. The van der Waals surface area contributed by atoms with E-state index in [-0.39, 0.29) is 24.0 Å². The number of ether oxygens (including phenoxy) is 1. The maximum atomic E-state index is 5.85.